The van der Waals surface area contributed by atoms with Crippen LogP contribution >= 0.6 is 0 Å². The average molecular weight is 333 g/mol. The van der Waals surface area contributed by atoms with Crippen LogP contribution in [0.15, 0.2) is 6.07 Å². The van der Waals surface area contributed by atoms with Crippen molar-refractivity contribution in [1.82, 2.24) is 15.1 Å². The van der Waals surface area contributed by atoms with E-state index in [0.717, 1.165) is 44.0 Å². The van der Waals surface area contributed by atoms with Gasteiger partial charge in [-0.3, -0.25) is 14.7 Å². The highest BCUT2D eigenvalue weighted by Gasteiger charge is 2.26. The zero-order chi connectivity index (χ0) is 16.9. The first kappa shape index (κ1) is 17.0. The number of piperidine rings is 1. The zero-order valence-corrected chi connectivity index (χ0v) is 14.2. The smallest absolute Gasteiger partial charge is 0.309 e. The lowest BCUT2D eigenvalue weighted by Crippen LogP contribution is -2.38. The van der Waals surface area contributed by atoms with Gasteiger partial charge in [-0.15, -0.1) is 0 Å². The summed E-state index contributed by atoms with van der Waals surface area (Å²) >= 11 is 0. The first-order valence-electron chi connectivity index (χ1n) is 9.15. The van der Waals surface area contributed by atoms with Crippen molar-refractivity contribution in [3.8, 4) is 0 Å². The fourth-order valence-corrected chi connectivity index (χ4v) is 4.05. The van der Waals surface area contributed by atoms with Crippen molar-refractivity contribution in [2.45, 2.75) is 63.7 Å². The lowest BCUT2D eigenvalue weighted by atomic mass is 9.92. The lowest BCUT2D eigenvalue weighted by molar-refractivity contribution is -0.136. The summed E-state index contributed by atoms with van der Waals surface area (Å²) in [6.45, 7) is 1.57. The fraction of sp³-hybridized carbons (Fsp3) is 0.722. The summed E-state index contributed by atoms with van der Waals surface area (Å²) in [7, 11) is 0. The highest BCUT2D eigenvalue weighted by molar-refractivity contribution is 5.76. The third-order valence-electron chi connectivity index (χ3n) is 5.50. The molecule has 24 heavy (non-hydrogen) atoms. The van der Waals surface area contributed by atoms with Gasteiger partial charge >= 0.3 is 5.97 Å². The number of carboxylic acids is 1. The van der Waals surface area contributed by atoms with E-state index in [2.05, 4.69) is 10.2 Å². The number of aromatic amines is 1. The third kappa shape index (κ3) is 4.36. The molecule has 0 bridgehead atoms. The Balaban J connectivity index is 1.43. The predicted octanol–water partition coefficient (Wildman–Crippen LogP) is 2.71. The van der Waals surface area contributed by atoms with Crippen molar-refractivity contribution < 1.29 is 14.7 Å². The lowest BCUT2D eigenvalue weighted by Gasteiger charge is -2.31. The Kier molecular flexibility index (Phi) is 5.53. The maximum Gasteiger partial charge on any atom is 0.309 e. The topological polar surface area (TPSA) is 86.3 Å². The number of nitrogens with zero attached hydrogens (tertiary/aromatic N) is 2. The minimum Gasteiger partial charge on any atom is -0.481 e. The first-order valence-corrected chi connectivity index (χ1v) is 9.15. The number of carbonyl (C=O) groups excluding carboxylic acids is 1. The normalized spacial score (nSPS) is 19.8. The highest BCUT2D eigenvalue weighted by atomic mass is 16.4. The van der Waals surface area contributed by atoms with Crippen LogP contribution in [0.2, 0.25) is 0 Å². The fourth-order valence-electron chi connectivity index (χ4n) is 4.05. The molecule has 1 saturated carbocycles. The van der Waals surface area contributed by atoms with Crippen LogP contribution in [0.25, 0.3) is 0 Å². The molecule has 1 aromatic heterocycles. The second-order valence-electron chi connectivity index (χ2n) is 7.23. The van der Waals surface area contributed by atoms with Crippen molar-refractivity contribution in [1.29, 1.82) is 0 Å². The van der Waals surface area contributed by atoms with Gasteiger partial charge in [0.15, 0.2) is 0 Å². The molecule has 2 heterocycles. The summed E-state index contributed by atoms with van der Waals surface area (Å²) in [5.74, 6) is 0.535. The number of carbonyl (C=O) groups is 2. The van der Waals surface area contributed by atoms with Gasteiger partial charge in [0.25, 0.3) is 0 Å². The van der Waals surface area contributed by atoms with Gasteiger partial charge in [-0.1, -0.05) is 25.7 Å². The first-order chi connectivity index (χ1) is 11.6. The molecule has 1 aromatic rings. The van der Waals surface area contributed by atoms with E-state index in [-0.39, 0.29) is 6.42 Å². The number of rotatable bonds is 6. The Morgan fingerprint density at radius 3 is 2.58 bits per heavy atom. The van der Waals surface area contributed by atoms with E-state index in [1.165, 1.54) is 25.7 Å². The average Bonchev–Trinajstić information content (AvgIpc) is 3.24. The summed E-state index contributed by atoms with van der Waals surface area (Å²) in [6.07, 6.45) is 8.80. The number of hydrogen-bond acceptors (Lipinski definition) is 3. The van der Waals surface area contributed by atoms with Gasteiger partial charge in [-0.25, -0.2) is 0 Å². The van der Waals surface area contributed by atoms with Crippen molar-refractivity contribution >= 4 is 11.9 Å². The summed E-state index contributed by atoms with van der Waals surface area (Å²) in [5, 5.41) is 15.9. The van der Waals surface area contributed by atoms with Crippen LogP contribution in [0, 0.1) is 5.92 Å². The Morgan fingerprint density at radius 2 is 1.92 bits per heavy atom. The van der Waals surface area contributed by atoms with Crippen molar-refractivity contribution in [3.05, 3.63) is 17.5 Å². The summed E-state index contributed by atoms with van der Waals surface area (Å²) < 4.78 is 0. The van der Waals surface area contributed by atoms with Gasteiger partial charge in [-0.05, 0) is 31.2 Å². The number of carboxylic acid groups (broad SMARTS) is 1. The molecular formula is C18H27N3O3. The highest BCUT2D eigenvalue weighted by Crippen LogP contribution is 2.30. The predicted molar refractivity (Wildman–Crippen MR) is 89.7 cm³/mol. The molecule has 6 nitrogen and oxygen atoms in total. The number of nitrogens with one attached hydrogen (secondary N) is 1. The second-order valence-corrected chi connectivity index (χ2v) is 7.23. The third-order valence-corrected chi connectivity index (χ3v) is 5.50. The van der Waals surface area contributed by atoms with E-state index in [4.69, 9.17) is 5.11 Å². The number of aromatic nitrogens is 2. The molecule has 2 N–H and O–H groups in total. The van der Waals surface area contributed by atoms with E-state index in [9.17, 15) is 9.59 Å². The van der Waals surface area contributed by atoms with Crippen LogP contribution in [-0.2, 0) is 16.0 Å². The Hall–Kier alpha value is -1.85. The second kappa shape index (κ2) is 7.81. The van der Waals surface area contributed by atoms with E-state index in [1.807, 2.05) is 11.0 Å². The maximum atomic E-state index is 12.4. The molecule has 2 fully saturated rings. The molecule has 1 aliphatic carbocycles. The largest absolute Gasteiger partial charge is 0.481 e. The van der Waals surface area contributed by atoms with Gasteiger partial charge in [-0.2, -0.15) is 5.10 Å². The van der Waals surface area contributed by atoms with Crippen LogP contribution in [0.1, 0.15) is 68.7 Å². The van der Waals surface area contributed by atoms with E-state index in [0.29, 0.717) is 23.9 Å². The van der Waals surface area contributed by atoms with E-state index in [1.54, 1.807) is 0 Å². The van der Waals surface area contributed by atoms with Gasteiger partial charge in [0, 0.05) is 31.1 Å². The van der Waals surface area contributed by atoms with Crippen molar-refractivity contribution in [2.24, 2.45) is 5.92 Å². The summed E-state index contributed by atoms with van der Waals surface area (Å²) in [5.41, 5.74) is 1.58. The van der Waals surface area contributed by atoms with Gasteiger partial charge < -0.3 is 10.0 Å². The van der Waals surface area contributed by atoms with Gasteiger partial charge in [0.1, 0.15) is 0 Å². The van der Waals surface area contributed by atoms with Crippen molar-refractivity contribution in [2.75, 3.05) is 13.1 Å². The number of aliphatic carboxylic acids is 1. The van der Waals surface area contributed by atoms with Gasteiger partial charge in [0.2, 0.25) is 5.91 Å². The molecule has 1 amide bonds. The molecule has 1 aliphatic heterocycles. The molecule has 6 heteroatoms. The minimum absolute atomic E-state index is 0.0223. The quantitative estimate of drug-likeness (QED) is 0.838. The molecule has 3 rings (SSSR count). The molecule has 132 valence electrons. The minimum atomic E-state index is -0.854. The molecule has 1 saturated heterocycles. The van der Waals surface area contributed by atoms with Gasteiger partial charge in [0.05, 0.1) is 12.1 Å². The Bertz CT molecular complexity index is 570. The summed E-state index contributed by atoms with van der Waals surface area (Å²) in [6, 6.07) is 1.86. The van der Waals surface area contributed by atoms with Crippen LogP contribution in [0.5, 0.6) is 0 Å². The molecule has 2 aliphatic rings. The summed E-state index contributed by atoms with van der Waals surface area (Å²) in [4.78, 5) is 25.1. The van der Waals surface area contributed by atoms with Crippen LogP contribution in [0.3, 0.4) is 0 Å². The van der Waals surface area contributed by atoms with Crippen LogP contribution < -0.4 is 0 Å². The maximum absolute atomic E-state index is 12.4. The van der Waals surface area contributed by atoms with Crippen LogP contribution in [0.4, 0.5) is 0 Å². The standard InChI is InChI=1S/C18H27N3O3/c22-17(6-5-13-3-1-2-4-13)21-9-7-14(8-10-21)16-11-15(19-20-16)12-18(23)24/h11,13-14H,1-10,12H2,(H,19,20)(H,23,24). The number of amides is 1. The Labute approximate surface area is 142 Å². The molecular weight excluding hydrogens is 306 g/mol. The molecule has 0 radical (unpaired) electrons. The number of likely N-dealkylation sites (tertiary alicyclic amines) is 1. The molecule has 0 unspecified atom stereocenters. The number of H-pyrrole nitrogens is 1. The van der Waals surface area contributed by atoms with E-state index < -0.39 is 5.97 Å². The zero-order valence-electron chi connectivity index (χ0n) is 14.2. The Morgan fingerprint density at radius 1 is 1.21 bits per heavy atom. The SMILES string of the molecule is O=C(O)Cc1cc(C2CCN(C(=O)CCC3CCCC3)CC2)n[nH]1. The van der Waals surface area contributed by atoms with Crippen LogP contribution in [-0.4, -0.2) is 45.2 Å². The van der Waals surface area contributed by atoms with Crippen molar-refractivity contribution in [3.63, 3.8) is 0 Å². The molecule has 0 spiro atoms. The monoisotopic (exact) mass is 333 g/mol. The number of hydrogen-bond donors (Lipinski definition) is 2. The van der Waals surface area contributed by atoms with E-state index >= 15 is 0 Å². The molecule has 0 aromatic carbocycles. The molecule has 0 atom stereocenters.